The lowest BCUT2D eigenvalue weighted by Gasteiger charge is -2.29. The van der Waals surface area contributed by atoms with Gasteiger partial charge in [0, 0.05) is 28.6 Å². The van der Waals surface area contributed by atoms with Gasteiger partial charge in [-0.25, -0.2) is 4.68 Å². The van der Waals surface area contributed by atoms with Crippen LogP contribution in [0.25, 0.3) is 0 Å². The third-order valence-corrected chi connectivity index (χ3v) is 9.20. The molecule has 4 aromatic carbocycles. The highest BCUT2D eigenvalue weighted by atomic mass is 35.5. The fourth-order valence-electron chi connectivity index (χ4n) is 5.31. The van der Waals surface area contributed by atoms with Crippen LogP contribution in [0.2, 0.25) is 5.02 Å². The monoisotopic (exact) mass is 635 g/mol. The standard InChI is InChI=1S/C36H34ClN5O2S/c1-23-10-9-15-31(24(23)2)39-34(43)32-25(3)38-35-40-36(45-22-28-13-7-8-14-30(28)37)41-42(35)33(32)27-16-18-29(19-17-27)44-21-20-26-11-5-4-6-12-26/h4-19,33H,20-22H2,1-3H3,(H,39,43)(H,38,40,41). The van der Waals surface area contributed by atoms with Crippen LogP contribution in [0.3, 0.4) is 0 Å². The second-order valence-electron chi connectivity index (χ2n) is 11.0. The molecule has 2 heterocycles. The van der Waals surface area contributed by atoms with Crippen molar-refractivity contribution in [3.8, 4) is 5.75 Å². The molecule has 0 fully saturated rings. The van der Waals surface area contributed by atoms with Crippen molar-refractivity contribution in [3.05, 3.63) is 141 Å². The molecule has 1 aliphatic rings. The van der Waals surface area contributed by atoms with Crippen molar-refractivity contribution in [1.29, 1.82) is 0 Å². The molecule has 7 nitrogen and oxygen atoms in total. The number of aromatic nitrogens is 3. The first-order chi connectivity index (χ1) is 21.9. The van der Waals surface area contributed by atoms with Crippen molar-refractivity contribution in [2.24, 2.45) is 0 Å². The molecule has 0 aliphatic carbocycles. The average Bonchev–Trinajstić information content (AvgIpc) is 3.45. The van der Waals surface area contributed by atoms with E-state index in [0.29, 0.717) is 39.8 Å². The molecule has 2 N–H and O–H groups in total. The molecule has 0 spiro atoms. The van der Waals surface area contributed by atoms with Crippen LogP contribution in [0.15, 0.2) is 113 Å². The lowest BCUT2D eigenvalue weighted by atomic mass is 9.94. The molecule has 1 amide bonds. The van der Waals surface area contributed by atoms with Crippen molar-refractivity contribution >= 4 is 40.9 Å². The number of benzene rings is 4. The molecule has 1 atom stereocenters. The molecule has 0 saturated carbocycles. The van der Waals surface area contributed by atoms with E-state index in [9.17, 15) is 4.79 Å². The summed E-state index contributed by atoms with van der Waals surface area (Å²) in [6.07, 6.45) is 0.818. The summed E-state index contributed by atoms with van der Waals surface area (Å²) in [5.41, 5.74) is 7.33. The van der Waals surface area contributed by atoms with Gasteiger partial charge in [0.25, 0.3) is 5.91 Å². The molecule has 5 aromatic rings. The van der Waals surface area contributed by atoms with Crippen molar-refractivity contribution in [3.63, 3.8) is 0 Å². The molecule has 0 bridgehead atoms. The predicted molar refractivity (Wildman–Crippen MR) is 182 cm³/mol. The average molecular weight is 636 g/mol. The van der Waals surface area contributed by atoms with Crippen molar-refractivity contribution < 1.29 is 9.53 Å². The minimum Gasteiger partial charge on any atom is -0.493 e. The number of nitrogens with one attached hydrogen (secondary N) is 2. The number of fused-ring (bicyclic) bond motifs is 1. The van der Waals surface area contributed by atoms with Crippen LogP contribution in [0.4, 0.5) is 11.6 Å². The first kappa shape index (κ1) is 30.5. The van der Waals surface area contributed by atoms with E-state index in [2.05, 4.69) is 22.8 Å². The fourth-order valence-corrected chi connectivity index (χ4v) is 6.42. The van der Waals surface area contributed by atoms with Crippen LogP contribution < -0.4 is 15.4 Å². The zero-order valence-corrected chi connectivity index (χ0v) is 27.0. The summed E-state index contributed by atoms with van der Waals surface area (Å²) in [6, 6.07) is 31.3. The van der Waals surface area contributed by atoms with Gasteiger partial charge in [-0.3, -0.25) is 4.79 Å². The van der Waals surface area contributed by atoms with Crippen molar-refractivity contribution in [2.75, 3.05) is 17.2 Å². The van der Waals surface area contributed by atoms with Gasteiger partial charge < -0.3 is 15.4 Å². The van der Waals surface area contributed by atoms with Gasteiger partial charge in [0.15, 0.2) is 0 Å². The highest BCUT2D eigenvalue weighted by molar-refractivity contribution is 7.98. The van der Waals surface area contributed by atoms with E-state index in [1.54, 1.807) is 4.68 Å². The number of carbonyl (C=O) groups is 1. The maximum Gasteiger partial charge on any atom is 0.255 e. The van der Waals surface area contributed by atoms with Crippen LogP contribution in [0, 0.1) is 13.8 Å². The number of anilines is 2. The van der Waals surface area contributed by atoms with E-state index in [1.165, 1.54) is 17.3 Å². The zero-order valence-electron chi connectivity index (χ0n) is 25.4. The van der Waals surface area contributed by atoms with Crippen LogP contribution in [-0.2, 0) is 17.0 Å². The van der Waals surface area contributed by atoms with Crippen LogP contribution >= 0.6 is 23.4 Å². The summed E-state index contributed by atoms with van der Waals surface area (Å²) >= 11 is 7.90. The van der Waals surface area contributed by atoms with E-state index in [1.807, 2.05) is 106 Å². The first-order valence-corrected chi connectivity index (χ1v) is 16.2. The van der Waals surface area contributed by atoms with E-state index in [4.69, 9.17) is 26.4 Å². The Hall–Kier alpha value is -4.53. The van der Waals surface area contributed by atoms with Crippen LogP contribution in [0.5, 0.6) is 5.75 Å². The first-order valence-electron chi connectivity index (χ1n) is 14.8. The summed E-state index contributed by atoms with van der Waals surface area (Å²) in [5, 5.41) is 12.7. The summed E-state index contributed by atoms with van der Waals surface area (Å²) in [4.78, 5) is 18.8. The molecule has 1 aliphatic heterocycles. The minimum absolute atomic E-state index is 0.201. The Kier molecular flexibility index (Phi) is 9.23. The molecule has 1 aromatic heterocycles. The Labute approximate surface area is 272 Å². The molecule has 9 heteroatoms. The van der Waals surface area contributed by atoms with E-state index < -0.39 is 6.04 Å². The number of allylic oxidation sites excluding steroid dienone is 1. The van der Waals surface area contributed by atoms with Gasteiger partial charge in [0.1, 0.15) is 11.8 Å². The number of ether oxygens (including phenoxy) is 1. The number of amides is 1. The van der Waals surface area contributed by atoms with Gasteiger partial charge in [-0.05, 0) is 72.9 Å². The molecule has 1 unspecified atom stereocenters. The Bertz CT molecular complexity index is 1850. The highest BCUT2D eigenvalue weighted by Crippen LogP contribution is 2.38. The molecule has 228 valence electrons. The van der Waals surface area contributed by atoms with E-state index >= 15 is 0 Å². The number of aryl methyl sites for hydroxylation is 1. The third kappa shape index (κ3) is 6.92. The quantitative estimate of drug-likeness (QED) is 0.150. The van der Waals surface area contributed by atoms with Crippen LogP contribution in [0.1, 0.15) is 40.8 Å². The Morgan fingerprint density at radius 3 is 2.49 bits per heavy atom. The van der Waals surface area contributed by atoms with Gasteiger partial charge in [0.05, 0.1) is 12.2 Å². The Balaban J connectivity index is 1.28. The second-order valence-corrected chi connectivity index (χ2v) is 12.3. The zero-order chi connectivity index (χ0) is 31.3. The summed E-state index contributed by atoms with van der Waals surface area (Å²) in [6.45, 7) is 6.52. The molecule has 45 heavy (non-hydrogen) atoms. The third-order valence-electron chi connectivity index (χ3n) is 7.94. The molecule has 0 saturated heterocycles. The smallest absolute Gasteiger partial charge is 0.255 e. The predicted octanol–water partition coefficient (Wildman–Crippen LogP) is 8.39. The van der Waals surface area contributed by atoms with Gasteiger partial charge >= 0.3 is 0 Å². The molecule has 6 rings (SSSR count). The molecular weight excluding hydrogens is 602 g/mol. The Morgan fingerprint density at radius 1 is 0.956 bits per heavy atom. The second kappa shape index (κ2) is 13.6. The number of thioether (sulfide) groups is 1. The van der Waals surface area contributed by atoms with E-state index in [-0.39, 0.29) is 5.91 Å². The number of nitrogens with zero attached hydrogens (tertiary/aromatic N) is 3. The number of hydrogen-bond acceptors (Lipinski definition) is 6. The number of halogens is 1. The van der Waals surface area contributed by atoms with Gasteiger partial charge in [-0.15, -0.1) is 5.10 Å². The lowest BCUT2D eigenvalue weighted by Crippen LogP contribution is -2.31. The summed E-state index contributed by atoms with van der Waals surface area (Å²) in [5.74, 6) is 1.76. The fraction of sp³-hybridized carbons (Fsp3) is 0.194. The van der Waals surface area contributed by atoms with Gasteiger partial charge in [0.2, 0.25) is 11.1 Å². The number of rotatable bonds is 10. The summed E-state index contributed by atoms with van der Waals surface area (Å²) in [7, 11) is 0. The number of hydrogen-bond donors (Lipinski definition) is 2. The van der Waals surface area contributed by atoms with Crippen LogP contribution in [-0.4, -0.2) is 27.3 Å². The van der Waals surface area contributed by atoms with E-state index in [0.717, 1.165) is 40.1 Å². The molecular formula is C36H34ClN5O2S. The minimum atomic E-state index is -0.508. The maximum atomic E-state index is 14.0. The largest absolute Gasteiger partial charge is 0.493 e. The SMILES string of the molecule is CC1=C(C(=O)Nc2cccc(C)c2C)C(c2ccc(OCCc3ccccc3)cc2)n2nc(SCc3ccccc3Cl)nc2N1. The molecule has 0 radical (unpaired) electrons. The summed E-state index contributed by atoms with van der Waals surface area (Å²) < 4.78 is 7.85. The van der Waals surface area contributed by atoms with Gasteiger partial charge in [-0.1, -0.05) is 96.2 Å². The maximum absolute atomic E-state index is 14.0. The van der Waals surface area contributed by atoms with Crippen molar-refractivity contribution in [1.82, 2.24) is 14.8 Å². The topological polar surface area (TPSA) is 81.1 Å². The van der Waals surface area contributed by atoms with Crippen molar-refractivity contribution in [2.45, 2.75) is 44.1 Å². The van der Waals surface area contributed by atoms with Gasteiger partial charge in [-0.2, -0.15) is 4.98 Å². The lowest BCUT2D eigenvalue weighted by molar-refractivity contribution is -0.113. The normalized spacial score (nSPS) is 14.1. The highest BCUT2D eigenvalue weighted by Gasteiger charge is 2.34. The Morgan fingerprint density at radius 2 is 1.71 bits per heavy atom. The number of carbonyl (C=O) groups excluding carboxylic acids is 1.